The van der Waals surface area contributed by atoms with E-state index in [1.165, 1.54) is 5.56 Å². The van der Waals surface area contributed by atoms with Crippen LogP contribution < -0.4 is 5.73 Å². The van der Waals surface area contributed by atoms with E-state index >= 15 is 0 Å². The predicted molar refractivity (Wildman–Crippen MR) is 64.4 cm³/mol. The van der Waals surface area contributed by atoms with Crippen molar-refractivity contribution < 1.29 is 17.9 Å². The molecule has 2 nitrogen and oxygen atoms in total. The summed E-state index contributed by atoms with van der Waals surface area (Å²) in [4.78, 5) is 0. The van der Waals surface area contributed by atoms with Gasteiger partial charge < -0.3 is 10.5 Å². The van der Waals surface area contributed by atoms with Crippen LogP contribution in [-0.4, -0.2) is 25.4 Å². The van der Waals surface area contributed by atoms with Gasteiger partial charge in [0.15, 0.2) is 0 Å². The quantitative estimate of drug-likeness (QED) is 0.854. The molecule has 0 aliphatic carbocycles. The van der Waals surface area contributed by atoms with E-state index in [9.17, 15) is 13.2 Å². The van der Waals surface area contributed by atoms with E-state index < -0.39 is 18.8 Å². The number of alkyl halides is 3. The fourth-order valence-electron chi connectivity index (χ4n) is 1.60. The molecule has 0 saturated heterocycles. The molecule has 0 fully saturated rings. The van der Waals surface area contributed by atoms with Crippen LogP contribution in [0.25, 0.3) is 0 Å². The number of halogens is 3. The topological polar surface area (TPSA) is 35.2 Å². The Bertz CT molecular complexity index is 348. The van der Waals surface area contributed by atoms with Crippen molar-refractivity contribution >= 4 is 0 Å². The molecule has 0 amide bonds. The van der Waals surface area contributed by atoms with Gasteiger partial charge in [-0.1, -0.05) is 31.2 Å². The minimum atomic E-state index is -4.29. The number of benzene rings is 1. The lowest BCUT2D eigenvalue weighted by molar-refractivity contribution is -0.174. The molecule has 18 heavy (non-hydrogen) atoms. The van der Waals surface area contributed by atoms with E-state index in [-0.39, 0.29) is 6.61 Å². The lowest BCUT2D eigenvalue weighted by Gasteiger charge is -2.13. The largest absolute Gasteiger partial charge is 0.411 e. The van der Waals surface area contributed by atoms with E-state index in [4.69, 9.17) is 5.73 Å². The summed E-state index contributed by atoms with van der Waals surface area (Å²) in [5.74, 6) is 0. The van der Waals surface area contributed by atoms with E-state index in [0.717, 1.165) is 12.0 Å². The SMILES string of the molecule is CCc1ccc(CC(N)COCC(F)(F)F)cc1. The second kappa shape index (κ2) is 6.75. The van der Waals surface area contributed by atoms with Crippen molar-refractivity contribution in [2.24, 2.45) is 5.73 Å². The molecule has 0 bridgehead atoms. The van der Waals surface area contributed by atoms with Crippen LogP contribution in [0.15, 0.2) is 24.3 Å². The van der Waals surface area contributed by atoms with Gasteiger partial charge in [0, 0.05) is 6.04 Å². The molecule has 0 heterocycles. The van der Waals surface area contributed by atoms with Gasteiger partial charge in [-0.3, -0.25) is 0 Å². The van der Waals surface area contributed by atoms with Gasteiger partial charge in [-0.15, -0.1) is 0 Å². The summed E-state index contributed by atoms with van der Waals surface area (Å²) in [7, 11) is 0. The highest BCUT2D eigenvalue weighted by molar-refractivity contribution is 5.23. The minimum Gasteiger partial charge on any atom is -0.370 e. The van der Waals surface area contributed by atoms with Gasteiger partial charge >= 0.3 is 6.18 Å². The molecule has 102 valence electrons. The first-order valence-electron chi connectivity index (χ1n) is 5.88. The zero-order chi connectivity index (χ0) is 13.6. The Balaban J connectivity index is 2.32. The number of rotatable bonds is 6. The molecule has 0 aromatic heterocycles. The fourth-order valence-corrected chi connectivity index (χ4v) is 1.60. The van der Waals surface area contributed by atoms with Crippen LogP contribution in [0.5, 0.6) is 0 Å². The molecule has 0 spiro atoms. The van der Waals surface area contributed by atoms with Crippen LogP contribution in [0.2, 0.25) is 0 Å². The van der Waals surface area contributed by atoms with Gasteiger partial charge in [0.05, 0.1) is 6.61 Å². The van der Waals surface area contributed by atoms with Crippen molar-refractivity contribution in [2.75, 3.05) is 13.2 Å². The third-order valence-corrected chi connectivity index (χ3v) is 2.53. The van der Waals surface area contributed by atoms with Gasteiger partial charge in [-0.05, 0) is 24.0 Å². The van der Waals surface area contributed by atoms with Crippen molar-refractivity contribution in [2.45, 2.75) is 32.0 Å². The Morgan fingerprint density at radius 3 is 2.22 bits per heavy atom. The number of hydrogen-bond donors (Lipinski definition) is 1. The Morgan fingerprint density at radius 2 is 1.72 bits per heavy atom. The van der Waals surface area contributed by atoms with Crippen molar-refractivity contribution in [3.05, 3.63) is 35.4 Å². The van der Waals surface area contributed by atoms with E-state index in [1.54, 1.807) is 0 Å². The van der Waals surface area contributed by atoms with Crippen LogP contribution in [-0.2, 0) is 17.6 Å². The number of aryl methyl sites for hydroxylation is 1. The van der Waals surface area contributed by atoms with Crippen molar-refractivity contribution in [1.29, 1.82) is 0 Å². The maximum Gasteiger partial charge on any atom is 0.411 e. The third kappa shape index (κ3) is 6.02. The summed E-state index contributed by atoms with van der Waals surface area (Å²) < 4.78 is 40.1. The molecule has 1 aromatic rings. The van der Waals surface area contributed by atoms with Gasteiger partial charge in [-0.25, -0.2) is 0 Å². The number of nitrogens with two attached hydrogens (primary N) is 1. The molecular weight excluding hydrogens is 243 g/mol. The van der Waals surface area contributed by atoms with E-state index in [0.29, 0.717) is 6.42 Å². The summed E-state index contributed by atoms with van der Waals surface area (Å²) in [6.07, 6.45) is -2.81. The molecular formula is C13H18F3NO. The highest BCUT2D eigenvalue weighted by Crippen LogP contribution is 2.14. The Labute approximate surface area is 105 Å². The minimum absolute atomic E-state index is 0.0883. The molecule has 0 saturated carbocycles. The van der Waals surface area contributed by atoms with Gasteiger partial charge in [-0.2, -0.15) is 13.2 Å². The smallest absolute Gasteiger partial charge is 0.370 e. The zero-order valence-corrected chi connectivity index (χ0v) is 10.3. The molecule has 1 aromatic carbocycles. The van der Waals surface area contributed by atoms with Crippen LogP contribution in [0.3, 0.4) is 0 Å². The molecule has 1 atom stereocenters. The highest BCUT2D eigenvalue weighted by Gasteiger charge is 2.27. The lowest BCUT2D eigenvalue weighted by Crippen LogP contribution is -2.31. The number of hydrogen-bond acceptors (Lipinski definition) is 2. The first-order chi connectivity index (χ1) is 8.40. The maximum atomic E-state index is 11.9. The molecule has 1 rings (SSSR count). The average Bonchev–Trinajstić information content (AvgIpc) is 2.28. The van der Waals surface area contributed by atoms with Gasteiger partial charge in [0.1, 0.15) is 6.61 Å². The second-order valence-electron chi connectivity index (χ2n) is 4.26. The zero-order valence-electron chi connectivity index (χ0n) is 10.3. The summed E-state index contributed by atoms with van der Waals surface area (Å²) in [5.41, 5.74) is 7.95. The van der Waals surface area contributed by atoms with Gasteiger partial charge in [0.2, 0.25) is 0 Å². The summed E-state index contributed by atoms with van der Waals surface area (Å²) in [6, 6.07) is 7.47. The average molecular weight is 261 g/mol. The van der Waals surface area contributed by atoms with E-state index in [2.05, 4.69) is 11.7 Å². The lowest BCUT2D eigenvalue weighted by atomic mass is 10.0. The number of ether oxygens (including phenoxy) is 1. The fraction of sp³-hybridized carbons (Fsp3) is 0.538. The van der Waals surface area contributed by atoms with Gasteiger partial charge in [0.25, 0.3) is 0 Å². The van der Waals surface area contributed by atoms with Crippen LogP contribution >= 0.6 is 0 Å². The predicted octanol–water partition coefficient (Wildman–Crippen LogP) is 2.70. The molecule has 5 heteroatoms. The molecule has 0 aliphatic heterocycles. The monoisotopic (exact) mass is 261 g/mol. The molecule has 0 radical (unpaired) electrons. The molecule has 2 N–H and O–H groups in total. The van der Waals surface area contributed by atoms with Crippen molar-refractivity contribution in [3.8, 4) is 0 Å². The van der Waals surface area contributed by atoms with Crippen LogP contribution in [0.4, 0.5) is 13.2 Å². The highest BCUT2D eigenvalue weighted by atomic mass is 19.4. The molecule has 0 aliphatic rings. The van der Waals surface area contributed by atoms with Crippen LogP contribution in [0, 0.1) is 0 Å². The third-order valence-electron chi connectivity index (χ3n) is 2.53. The first kappa shape index (κ1) is 15.0. The molecule has 1 unspecified atom stereocenters. The maximum absolute atomic E-state index is 11.9. The van der Waals surface area contributed by atoms with E-state index in [1.807, 2.05) is 24.3 Å². The van der Waals surface area contributed by atoms with Crippen LogP contribution in [0.1, 0.15) is 18.1 Å². The normalized spacial score (nSPS) is 13.6. The summed E-state index contributed by atoms with van der Waals surface area (Å²) in [5, 5.41) is 0. The van der Waals surface area contributed by atoms with Crippen molar-refractivity contribution in [1.82, 2.24) is 0 Å². The Morgan fingerprint density at radius 1 is 1.17 bits per heavy atom. The Kier molecular flexibility index (Phi) is 5.62. The Hall–Kier alpha value is -1.07. The standard InChI is InChI=1S/C13H18F3NO/c1-2-10-3-5-11(6-4-10)7-12(17)8-18-9-13(14,15)16/h3-6,12H,2,7-9,17H2,1H3. The van der Waals surface area contributed by atoms with Crippen molar-refractivity contribution in [3.63, 3.8) is 0 Å². The second-order valence-corrected chi connectivity index (χ2v) is 4.26. The summed E-state index contributed by atoms with van der Waals surface area (Å²) >= 11 is 0. The summed E-state index contributed by atoms with van der Waals surface area (Å²) in [6.45, 7) is 0.732. The first-order valence-corrected chi connectivity index (χ1v) is 5.88.